The Balaban J connectivity index is 1.20. The summed E-state index contributed by atoms with van der Waals surface area (Å²) in [6.45, 7) is 6.44. The smallest absolute Gasteiger partial charge is 0.329 e. The number of amides is 6. The first-order valence-electron chi connectivity index (χ1n) is 21.3. The van der Waals surface area contributed by atoms with Crippen LogP contribution >= 0.6 is 0 Å². The van der Waals surface area contributed by atoms with E-state index in [1.165, 1.54) is 21.6 Å². The number of cyclic esters (lactones) is 1. The third-order valence-electron chi connectivity index (χ3n) is 12.7. The second kappa shape index (κ2) is 18.3. The molecule has 0 aromatic heterocycles. The number of ether oxygens (including phenoxy) is 1. The molecular weight excluding hydrogens is 795 g/mol. The molecule has 7 rings (SSSR count). The van der Waals surface area contributed by atoms with Crippen LogP contribution in [0.3, 0.4) is 0 Å². The fourth-order valence-electron chi connectivity index (χ4n) is 9.55. The molecule has 0 aliphatic carbocycles. The minimum Gasteiger partial charge on any atom is -0.459 e. The highest BCUT2D eigenvalue weighted by Gasteiger charge is 2.47. The molecule has 5 aliphatic heterocycles. The highest BCUT2D eigenvalue weighted by atomic mass is 19.1. The van der Waals surface area contributed by atoms with E-state index >= 15 is 0 Å². The molecule has 0 bridgehead atoms. The molecular formula is C43H56F2N8O8. The van der Waals surface area contributed by atoms with Crippen molar-refractivity contribution in [3.05, 3.63) is 59.2 Å². The van der Waals surface area contributed by atoms with Crippen LogP contribution in [0, 0.1) is 17.6 Å². The Bertz CT molecular complexity index is 2020. The minimum atomic E-state index is -1.64. The maximum Gasteiger partial charge on any atom is 0.329 e. The summed E-state index contributed by atoms with van der Waals surface area (Å²) in [6, 6.07) is 0.670. The van der Waals surface area contributed by atoms with Crippen LogP contribution in [-0.2, 0) is 41.6 Å². The Morgan fingerprint density at radius 1 is 0.902 bits per heavy atom. The Labute approximate surface area is 353 Å². The van der Waals surface area contributed by atoms with Gasteiger partial charge in [-0.05, 0) is 106 Å². The summed E-state index contributed by atoms with van der Waals surface area (Å²) in [5, 5.41) is 23.2. The molecule has 5 heterocycles. The maximum absolute atomic E-state index is 14.5. The summed E-state index contributed by atoms with van der Waals surface area (Å²) in [5.41, 5.74) is 2.56. The second-order valence-electron chi connectivity index (χ2n) is 17.3. The standard InChI is InChI=1S/C43H56F2N8O8/c1-23-16-35-42(59)61-25(3)36(41(58)52-14-7-9-34(52)40(57)51-13-6-5-8-33(51)38(55)46-24(2)39(56)53(35)22-23)49-37(54)31(19-26-17-28(44)21-29(45)18-26)48-43(60)47-30-10-11-32-27(20-30)12-15-50(32)4/h10-11,17-18,20-21,23-25,31,33-36,41,58H,5-9,12-16,19,22H2,1-4H3,(H,46,55)(H,49,54)(H2,47,48,60)/t23-,24+,25+,31+,33+,34+,35+,36+,41?/m1/s1. The van der Waals surface area contributed by atoms with Crippen molar-refractivity contribution in [2.45, 2.75) is 121 Å². The number of likely N-dealkylation sites (N-methyl/N-ethyl adjacent to an activating group) is 1. The fourth-order valence-corrected chi connectivity index (χ4v) is 9.55. The first-order valence-corrected chi connectivity index (χ1v) is 21.3. The van der Waals surface area contributed by atoms with Crippen molar-refractivity contribution in [2.75, 3.05) is 43.4 Å². The van der Waals surface area contributed by atoms with E-state index in [0.29, 0.717) is 43.9 Å². The largest absolute Gasteiger partial charge is 0.459 e. The number of nitrogens with one attached hydrogen (secondary N) is 4. The van der Waals surface area contributed by atoms with Gasteiger partial charge in [0.15, 0.2) is 0 Å². The maximum atomic E-state index is 14.5. The van der Waals surface area contributed by atoms with Crippen molar-refractivity contribution >= 4 is 47.0 Å². The number of aliphatic hydroxyl groups is 1. The average Bonchev–Trinajstić information content (AvgIpc) is 3.96. The van der Waals surface area contributed by atoms with E-state index in [9.17, 15) is 42.7 Å². The zero-order valence-electron chi connectivity index (χ0n) is 35.0. The van der Waals surface area contributed by atoms with Gasteiger partial charge >= 0.3 is 12.0 Å². The lowest BCUT2D eigenvalue weighted by Gasteiger charge is -2.41. The number of esters is 1. The number of nitrogens with zero attached hydrogens (tertiary/aromatic N) is 4. The number of halogens is 2. The lowest BCUT2D eigenvalue weighted by Crippen LogP contribution is -2.64. The normalized spacial score (nSPS) is 29.2. The van der Waals surface area contributed by atoms with Crippen LogP contribution in [-0.4, -0.2) is 137 Å². The van der Waals surface area contributed by atoms with E-state index in [1.807, 2.05) is 26.1 Å². The molecule has 330 valence electrons. The first kappa shape index (κ1) is 43.7. The van der Waals surface area contributed by atoms with E-state index in [1.54, 1.807) is 13.0 Å². The molecule has 0 spiro atoms. The fraction of sp³-hybridized carbons (Fsp3) is 0.581. The molecule has 2 aromatic rings. The van der Waals surface area contributed by atoms with Crippen molar-refractivity contribution in [3.63, 3.8) is 0 Å². The average molecular weight is 851 g/mol. The van der Waals surface area contributed by atoms with E-state index in [2.05, 4.69) is 26.2 Å². The zero-order valence-corrected chi connectivity index (χ0v) is 35.0. The Morgan fingerprint density at radius 3 is 2.39 bits per heavy atom. The number of benzene rings is 2. The highest BCUT2D eigenvalue weighted by Crippen LogP contribution is 2.31. The minimum absolute atomic E-state index is 0.0520. The van der Waals surface area contributed by atoms with Crippen LogP contribution in [0.1, 0.15) is 70.4 Å². The second-order valence-corrected chi connectivity index (χ2v) is 17.3. The Kier molecular flexibility index (Phi) is 13.1. The van der Waals surface area contributed by atoms with Crippen molar-refractivity contribution < 1.29 is 47.4 Å². The quantitative estimate of drug-likeness (QED) is 0.269. The summed E-state index contributed by atoms with van der Waals surface area (Å²) < 4.78 is 34.8. The summed E-state index contributed by atoms with van der Waals surface area (Å²) in [6.07, 6.45) is 0.283. The molecule has 2 aromatic carbocycles. The monoisotopic (exact) mass is 850 g/mol. The number of aliphatic hydroxyl groups excluding tert-OH is 1. The number of rotatable bonds is 6. The van der Waals surface area contributed by atoms with Gasteiger partial charge in [0.25, 0.3) is 0 Å². The molecule has 4 fully saturated rings. The number of fused-ring (bicyclic) bond motifs is 4. The Morgan fingerprint density at radius 2 is 1.64 bits per heavy atom. The molecule has 16 nitrogen and oxygen atoms in total. The topological polar surface area (TPSA) is 193 Å². The first-order chi connectivity index (χ1) is 29.1. The van der Waals surface area contributed by atoms with Crippen molar-refractivity contribution in [2.24, 2.45) is 5.92 Å². The number of piperidine rings is 1. The lowest BCUT2D eigenvalue weighted by molar-refractivity contribution is -0.165. The number of urea groups is 1. The summed E-state index contributed by atoms with van der Waals surface area (Å²) in [7, 11) is 1.97. The SMILES string of the molecule is C[C@@H]1C[C@H]2C(=O)O[C@@H](C)[C@H](NC(=O)[C@H](Cc3cc(F)cc(F)c3)NC(=O)Nc3ccc4c(c3)CCN4C)C(O)N3CCC[C@H]3C(=O)N3CCCC[C@H]3C(=O)N[C@@H](C)C(=O)N2C1. The highest BCUT2D eigenvalue weighted by molar-refractivity contribution is 5.96. The van der Waals surface area contributed by atoms with Crippen LogP contribution < -0.4 is 26.2 Å². The van der Waals surface area contributed by atoms with Gasteiger partial charge in [-0.3, -0.25) is 24.1 Å². The van der Waals surface area contributed by atoms with Gasteiger partial charge in [-0.1, -0.05) is 6.92 Å². The molecule has 18 heteroatoms. The predicted octanol–water partition coefficient (Wildman–Crippen LogP) is 2.03. The third-order valence-corrected chi connectivity index (χ3v) is 12.7. The van der Waals surface area contributed by atoms with E-state index < -0.39 is 95.8 Å². The van der Waals surface area contributed by atoms with E-state index in [0.717, 1.165) is 36.3 Å². The molecule has 5 aliphatic rings. The van der Waals surface area contributed by atoms with Gasteiger partial charge in [0.1, 0.15) is 54.2 Å². The van der Waals surface area contributed by atoms with Crippen molar-refractivity contribution in [1.29, 1.82) is 0 Å². The number of hydrogen-bond acceptors (Lipinski definition) is 10. The van der Waals surface area contributed by atoms with Crippen LogP contribution in [0.15, 0.2) is 36.4 Å². The molecule has 9 atom stereocenters. The van der Waals surface area contributed by atoms with Crippen LogP contribution in [0.4, 0.5) is 25.0 Å². The summed E-state index contributed by atoms with van der Waals surface area (Å²) in [4.78, 5) is 90.5. The van der Waals surface area contributed by atoms with Crippen LogP contribution in [0.25, 0.3) is 0 Å². The Hall–Kier alpha value is -5.36. The molecule has 6 amide bonds. The summed E-state index contributed by atoms with van der Waals surface area (Å²) in [5.74, 6) is -4.93. The third kappa shape index (κ3) is 9.59. The van der Waals surface area contributed by atoms with Crippen molar-refractivity contribution in [3.8, 4) is 0 Å². The van der Waals surface area contributed by atoms with Gasteiger partial charge < -0.3 is 45.8 Å². The van der Waals surface area contributed by atoms with Gasteiger partial charge in [0.05, 0.1) is 6.04 Å². The van der Waals surface area contributed by atoms with Gasteiger partial charge in [-0.15, -0.1) is 0 Å². The number of hydrogen-bond donors (Lipinski definition) is 5. The van der Waals surface area contributed by atoms with Crippen LogP contribution in [0.2, 0.25) is 0 Å². The number of carbonyl (C=O) groups is 6. The molecule has 4 saturated heterocycles. The van der Waals surface area contributed by atoms with Gasteiger partial charge in [-0.2, -0.15) is 0 Å². The molecule has 1 unspecified atom stereocenters. The lowest BCUT2D eigenvalue weighted by atomic mass is 9.98. The van der Waals surface area contributed by atoms with Gasteiger partial charge in [0, 0.05) is 57.1 Å². The van der Waals surface area contributed by atoms with Crippen molar-refractivity contribution in [1.82, 2.24) is 30.7 Å². The van der Waals surface area contributed by atoms with Gasteiger partial charge in [-0.25, -0.2) is 18.4 Å². The van der Waals surface area contributed by atoms with Crippen LogP contribution in [0.5, 0.6) is 0 Å². The predicted molar refractivity (Wildman–Crippen MR) is 219 cm³/mol. The summed E-state index contributed by atoms with van der Waals surface area (Å²) >= 11 is 0. The zero-order chi connectivity index (χ0) is 43.7. The molecule has 61 heavy (non-hydrogen) atoms. The van der Waals surface area contributed by atoms with Gasteiger partial charge in [0.2, 0.25) is 23.6 Å². The number of anilines is 2. The van der Waals surface area contributed by atoms with E-state index in [4.69, 9.17) is 4.74 Å². The molecule has 0 saturated carbocycles. The molecule has 5 N–H and O–H groups in total. The molecule has 0 radical (unpaired) electrons. The number of carbonyl (C=O) groups excluding carboxylic acids is 6. The van der Waals surface area contributed by atoms with E-state index in [-0.39, 0.29) is 44.0 Å².